The minimum Gasteiger partial charge on any atom is -0.295 e. The van der Waals surface area contributed by atoms with Crippen molar-refractivity contribution >= 4 is 40.3 Å². The van der Waals surface area contributed by atoms with Crippen LogP contribution in [0.25, 0.3) is 0 Å². The van der Waals surface area contributed by atoms with E-state index in [1.165, 1.54) is 0 Å². The second-order valence-electron chi connectivity index (χ2n) is 5.09. The van der Waals surface area contributed by atoms with Crippen molar-refractivity contribution in [3.8, 4) is 0 Å². The molecule has 11 heteroatoms. The molecular weight excluding hydrogens is 356 g/mol. The van der Waals surface area contributed by atoms with E-state index >= 15 is 0 Å². The number of anilines is 1. The molecule has 0 aliphatic carbocycles. The Balaban J connectivity index is 0.00000288. The largest absolute Gasteiger partial charge is 0.359 e. The molecule has 0 atom stereocenters. The molecule has 9 nitrogen and oxygen atoms in total. The highest BCUT2D eigenvalue weighted by molar-refractivity contribution is 7.84. The number of hydrazine groups is 1. The number of guanidine groups is 2. The number of halogens is 1. The van der Waals surface area contributed by atoms with Crippen LogP contribution >= 0.6 is 12.4 Å². The second kappa shape index (κ2) is 8.83. The maximum Gasteiger partial charge on any atom is 0.359 e. The maximum absolute atomic E-state index is 10.7. The summed E-state index contributed by atoms with van der Waals surface area (Å²) in [6, 6.07) is 9.18. The Morgan fingerprint density at radius 3 is 2.25 bits per heavy atom. The minimum atomic E-state index is -4.55. The molecule has 1 saturated heterocycles. The molecule has 0 amide bonds. The molecule has 1 heterocycles. The van der Waals surface area contributed by atoms with Crippen LogP contribution in [0.3, 0.4) is 0 Å². The van der Waals surface area contributed by atoms with Crippen LogP contribution in [0.2, 0.25) is 0 Å². The molecule has 0 saturated carbocycles. The van der Waals surface area contributed by atoms with Crippen LogP contribution in [0.15, 0.2) is 30.3 Å². The van der Waals surface area contributed by atoms with Crippen LogP contribution < -0.4 is 15.0 Å². The first-order valence-electron chi connectivity index (χ1n) is 7.16. The Kier molecular flexibility index (Phi) is 7.42. The predicted molar refractivity (Wildman–Crippen MR) is 94.9 cm³/mol. The van der Waals surface area contributed by atoms with Gasteiger partial charge in [0.2, 0.25) is 11.9 Å². The summed E-state index contributed by atoms with van der Waals surface area (Å²) in [6.07, 6.45) is 3.12. The van der Waals surface area contributed by atoms with E-state index in [1.54, 1.807) is 9.73 Å². The minimum absolute atomic E-state index is 0. The molecule has 0 unspecified atom stereocenters. The van der Waals surface area contributed by atoms with Gasteiger partial charge >= 0.3 is 10.3 Å². The van der Waals surface area contributed by atoms with Crippen molar-refractivity contribution < 1.29 is 13.0 Å². The summed E-state index contributed by atoms with van der Waals surface area (Å²) in [7, 11) is -4.55. The number of hydrogen-bond acceptors (Lipinski definition) is 5. The standard InChI is InChI=1S/C13H20N6O3S.ClH/c14-12(17-23(20,21)22)16-13(15)19(11-7-3-1-4-8-11)18-9-5-2-6-10-18;/h1,3-4,7-8H,2,5-6,9-10H2,(H,20,21,22)(H4,14,15,16,17);1H. The van der Waals surface area contributed by atoms with Crippen LogP contribution in [0, 0.1) is 10.8 Å². The van der Waals surface area contributed by atoms with Crippen molar-refractivity contribution in [2.75, 3.05) is 18.1 Å². The molecule has 2 rings (SSSR count). The lowest BCUT2D eigenvalue weighted by molar-refractivity contribution is 0.235. The third-order valence-electron chi connectivity index (χ3n) is 3.30. The molecule has 0 aromatic heterocycles. The molecule has 5 N–H and O–H groups in total. The third kappa shape index (κ3) is 5.96. The summed E-state index contributed by atoms with van der Waals surface area (Å²) in [5.74, 6) is -0.880. The Hall–Kier alpha value is -1.88. The van der Waals surface area contributed by atoms with Crippen LogP contribution in [-0.4, -0.2) is 43.0 Å². The summed E-state index contributed by atoms with van der Waals surface area (Å²) in [5, 5.41) is 21.6. The Morgan fingerprint density at radius 2 is 1.71 bits per heavy atom. The lowest BCUT2D eigenvalue weighted by atomic mass is 10.1. The number of nitrogens with zero attached hydrogens (tertiary/aromatic N) is 2. The van der Waals surface area contributed by atoms with Gasteiger partial charge in [0, 0.05) is 13.1 Å². The van der Waals surface area contributed by atoms with Crippen LogP contribution in [0.4, 0.5) is 5.69 Å². The maximum atomic E-state index is 10.7. The highest BCUT2D eigenvalue weighted by Gasteiger charge is 2.23. The molecular formula is C13H21ClN6O3S. The number of nitrogens with one attached hydrogen (secondary N) is 4. The van der Waals surface area contributed by atoms with Gasteiger partial charge < -0.3 is 0 Å². The molecule has 1 aliphatic rings. The van der Waals surface area contributed by atoms with E-state index < -0.39 is 16.3 Å². The molecule has 134 valence electrons. The molecule has 0 bridgehead atoms. The van der Waals surface area contributed by atoms with Gasteiger partial charge in [-0.15, -0.1) is 12.4 Å². The van der Waals surface area contributed by atoms with Crippen LogP contribution in [0.5, 0.6) is 0 Å². The molecule has 24 heavy (non-hydrogen) atoms. The quantitative estimate of drug-likeness (QED) is 0.305. The monoisotopic (exact) mass is 376 g/mol. The first-order valence-corrected chi connectivity index (χ1v) is 8.60. The van der Waals surface area contributed by atoms with E-state index in [-0.39, 0.29) is 18.4 Å². The lowest BCUT2D eigenvalue weighted by Crippen LogP contribution is -2.56. The van der Waals surface area contributed by atoms with E-state index in [9.17, 15) is 8.42 Å². The average molecular weight is 377 g/mol. The topological polar surface area (TPSA) is 133 Å². The third-order valence-corrected chi connectivity index (χ3v) is 3.76. The molecule has 1 aliphatic heterocycles. The second-order valence-corrected chi connectivity index (χ2v) is 6.24. The SMILES string of the molecule is Cl.N=C(NC(=N)N(c1ccccc1)N1CCCCC1)NS(=O)(=O)O. The van der Waals surface area contributed by atoms with Crippen molar-refractivity contribution in [3.63, 3.8) is 0 Å². The Morgan fingerprint density at radius 1 is 1.12 bits per heavy atom. The fraction of sp³-hybridized carbons (Fsp3) is 0.385. The molecule has 1 aromatic carbocycles. The van der Waals surface area contributed by atoms with Gasteiger partial charge in [-0.05, 0) is 25.0 Å². The van der Waals surface area contributed by atoms with Gasteiger partial charge in [-0.2, -0.15) is 8.42 Å². The van der Waals surface area contributed by atoms with Gasteiger partial charge in [-0.25, -0.2) is 14.7 Å². The molecule has 1 aromatic rings. The van der Waals surface area contributed by atoms with E-state index in [2.05, 4.69) is 5.32 Å². The van der Waals surface area contributed by atoms with Gasteiger partial charge in [0.05, 0.1) is 5.69 Å². The highest BCUT2D eigenvalue weighted by atomic mass is 35.5. The van der Waals surface area contributed by atoms with Gasteiger partial charge in [0.15, 0.2) is 0 Å². The summed E-state index contributed by atoms with van der Waals surface area (Å²) < 4.78 is 31.7. The summed E-state index contributed by atoms with van der Waals surface area (Å²) in [6.45, 7) is 1.52. The fourth-order valence-electron chi connectivity index (χ4n) is 2.41. The predicted octanol–water partition coefficient (Wildman–Crippen LogP) is 1.17. The van der Waals surface area contributed by atoms with Crippen molar-refractivity contribution in [2.24, 2.45) is 0 Å². The first-order chi connectivity index (χ1) is 10.9. The normalized spacial score (nSPS) is 15.0. The number of piperidine rings is 1. The fourth-order valence-corrected chi connectivity index (χ4v) is 2.72. The summed E-state index contributed by atoms with van der Waals surface area (Å²) in [5.41, 5.74) is 0.728. The Labute approximate surface area is 147 Å². The van der Waals surface area contributed by atoms with Crippen molar-refractivity contribution in [3.05, 3.63) is 30.3 Å². The van der Waals surface area contributed by atoms with Gasteiger partial charge in [-0.3, -0.25) is 20.7 Å². The molecule has 0 spiro atoms. The number of rotatable bonds is 3. The van der Waals surface area contributed by atoms with Gasteiger partial charge in [-0.1, -0.05) is 24.6 Å². The summed E-state index contributed by atoms with van der Waals surface area (Å²) in [4.78, 5) is 0. The van der Waals surface area contributed by atoms with Crippen molar-refractivity contribution in [1.29, 1.82) is 10.8 Å². The number of benzene rings is 1. The van der Waals surface area contributed by atoms with Crippen LogP contribution in [-0.2, 0) is 10.3 Å². The van der Waals surface area contributed by atoms with E-state index in [1.807, 2.05) is 35.3 Å². The number of hydrogen-bond donors (Lipinski definition) is 5. The highest BCUT2D eigenvalue weighted by Crippen LogP contribution is 2.19. The van der Waals surface area contributed by atoms with Crippen molar-refractivity contribution in [2.45, 2.75) is 19.3 Å². The molecule has 0 radical (unpaired) electrons. The van der Waals surface area contributed by atoms with Crippen LogP contribution in [0.1, 0.15) is 19.3 Å². The van der Waals surface area contributed by atoms with E-state index in [0.717, 1.165) is 38.0 Å². The zero-order valence-corrected chi connectivity index (χ0v) is 14.5. The van der Waals surface area contributed by atoms with Gasteiger partial charge in [0.1, 0.15) is 0 Å². The van der Waals surface area contributed by atoms with Crippen molar-refractivity contribution in [1.82, 2.24) is 15.0 Å². The van der Waals surface area contributed by atoms with E-state index in [0.29, 0.717) is 0 Å². The molecule has 1 fully saturated rings. The zero-order chi connectivity index (χ0) is 16.9. The summed E-state index contributed by atoms with van der Waals surface area (Å²) >= 11 is 0. The zero-order valence-electron chi connectivity index (χ0n) is 12.9. The average Bonchev–Trinajstić information content (AvgIpc) is 2.47. The first kappa shape index (κ1) is 20.2. The van der Waals surface area contributed by atoms with Gasteiger partial charge in [0.25, 0.3) is 0 Å². The van der Waals surface area contributed by atoms with E-state index in [4.69, 9.17) is 15.4 Å². The smallest absolute Gasteiger partial charge is 0.295 e. The Bertz CT molecular complexity index is 664. The lowest BCUT2D eigenvalue weighted by Gasteiger charge is -2.38. The number of para-hydroxylation sites is 1.